The molecule has 0 aliphatic carbocycles. The van der Waals surface area contributed by atoms with Gasteiger partial charge in [0.2, 0.25) is 0 Å². The number of hydrogen-bond donors (Lipinski definition) is 1. The van der Waals surface area contributed by atoms with E-state index >= 15 is 0 Å². The molecule has 3 aliphatic heterocycles. The molecule has 3 aromatic rings. The van der Waals surface area contributed by atoms with E-state index in [9.17, 15) is 0 Å². The van der Waals surface area contributed by atoms with E-state index in [4.69, 9.17) is 19.6 Å². The Balaban J connectivity index is 1.50. The van der Waals surface area contributed by atoms with Gasteiger partial charge in [-0.1, -0.05) is 0 Å². The van der Waals surface area contributed by atoms with Gasteiger partial charge in [0, 0.05) is 37.9 Å². The number of imidazole rings is 1. The van der Waals surface area contributed by atoms with Crippen molar-refractivity contribution in [2.75, 3.05) is 42.6 Å². The van der Waals surface area contributed by atoms with Crippen LogP contribution in [-0.4, -0.2) is 75.9 Å². The Labute approximate surface area is 168 Å². The number of nitrogens with zero attached hydrogens (tertiary/aromatic N) is 6. The molecule has 2 bridgehead atoms. The number of hydrogen-bond acceptors (Lipinski definition) is 7. The van der Waals surface area contributed by atoms with Crippen LogP contribution < -0.4 is 9.80 Å². The molecule has 3 saturated heterocycles. The van der Waals surface area contributed by atoms with E-state index in [1.165, 1.54) is 0 Å². The molecule has 29 heavy (non-hydrogen) atoms. The zero-order valence-corrected chi connectivity index (χ0v) is 16.5. The first-order valence-corrected chi connectivity index (χ1v) is 10.4. The molecule has 6 heterocycles. The van der Waals surface area contributed by atoms with Crippen LogP contribution in [0.5, 0.6) is 0 Å². The topological polar surface area (TPSA) is 83.8 Å². The largest absolute Gasteiger partial charge is 0.377 e. The first-order valence-electron chi connectivity index (χ1n) is 10.4. The van der Waals surface area contributed by atoms with Gasteiger partial charge in [0.15, 0.2) is 11.5 Å². The highest BCUT2D eigenvalue weighted by Gasteiger charge is 2.35. The summed E-state index contributed by atoms with van der Waals surface area (Å²) in [4.78, 5) is 9.49. The molecular formula is C20H25N7O2. The van der Waals surface area contributed by atoms with E-state index in [2.05, 4.69) is 33.0 Å². The van der Waals surface area contributed by atoms with Crippen molar-refractivity contribution < 1.29 is 9.47 Å². The molecule has 9 heteroatoms. The van der Waals surface area contributed by atoms with Crippen LogP contribution in [0.1, 0.15) is 19.8 Å². The third-order valence-corrected chi connectivity index (χ3v) is 6.24. The van der Waals surface area contributed by atoms with Crippen LogP contribution in [0, 0.1) is 0 Å². The quantitative estimate of drug-likeness (QED) is 0.723. The summed E-state index contributed by atoms with van der Waals surface area (Å²) in [5.41, 5.74) is 3.69. The lowest BCUT2D eigenvalue weighted by Crippen LogP contribution is -2.45. The minimum Gasteiger partial charge on any atom is -0.377 e. The molecular weight excluding hydrogens is 370 g/mol. The first kappa shape index (κ1) is 17.2. The zero-order chi connectivity index (χ0) is 19.4. The van der Waals surface area contributed by atoms with Gasteiger partial charge in [-0.3, -0.25) is 5.10 Å². The summed E-state index contributed by atoms with van der Waals surface area (Å²) in [6.45, 7) is 6.27. The van der Waals surface area contributed by atoms with Crippen molar-refractivity contribution in [3.63, 3.8) is 0 Å². The van der Waals surface area contributed by atoms with E-state index < -0.39 is 0 Å². The maximum atomic E-state index is 6.04. The van der Waals surface area contributed by atoms with E-state index in [-0.39, 0.29) is 6.04 Å². The first-order chi connectivity index (χ1) is 14.3. The van der Waals surface area contributed by atoms with Crippen LogP contribution in [0.3, 0.4) is 0 Å². The van der Waals surface area contributed by atoms with Gasteiger partial charge in [-0.25, -0.2) is 9.50 Å². The number of H-pyrrole nitrogens is 1. The normalized spacial score (nSPS) is 27.1. The Bertz CT molecular complexity index is 1010. The Kier molecular flexibility index (Phi) is 3.98. The Morgan fingerprint density at radius 1 is 1.21 bits per heavy atom. The van der Waals surface area contributed by atoms with E-state index in [1.54, 1.807) is 0 Å². The fourth-order valence-electron chi connectivity index (χ4n) is 4.77. The monoisotopic (exact) mass is 395 g/mol. The predicted octanol–water partition coefficient (Wildman–Crippen LogP) is 1.71. The fourth-order valence-corrected chi connectivity index (χ4v) is 4.77. The minimum atomic E-state index is 0.286. The standard InChI is InChI=1S/C20H25N7O2/c1-13-12-28-7-6-26(13)17-8-19(25-10-14-2-3-15(11-25)29-14)24-27-18(9-21-20(17)27)16-4-5-22-23-16/h4-5,8-9,13-15H,2-3,6-7,10-12H2,1H3,(H,22,23). The third-order valence-electron chi connectivity index (χ3n) is 6.24. The van der Waals surface area contributed by atoms with Gasteiger partial charge in [0.05, 0.1) is 37.3 Å². The summed E-state index contributed by atoms with van der Waals surface area (Å²) >= 11 is 0. The SMILES string of the molecule is CC1COCCN1c1cc(N2CC3CCC(C2)O3)nn2c(-c3cc[nH]n3)cnc12. The number of anilines is 2. The lowest BCUT2D eigenvalue weighted by atomic mass is 10.2. The van der Waals surface area contributed by atoms with Gasteiger partial charge in [-0.05, 0) is 25.8 Å². The van der Waals surface area contributed by atoms with Crippen molar-refractivity contribution in [1.29, 1.82) is 0 Å². The lowest BCUT2D eigenvalue weighted by molar-refractivity contribution is 0.0301. The summed E-state index contributed by atoms with van der Waals surface area (Å²) in [5.74, 6) is 0.973. The van der Waals surface area contributed by atoms with Gasteiger partial charge in [0.1, 0.15) is 11.4 Å². The molecule has 3 fully saturated rings. The molecule has 3 atom stereocenters. The van der Waals surface area contributed by atoms with Crippen molar-refractivity contribution >= 4 is 17.2 Å². The average molecular weight is 395 g/mol. The number of morpholine rings is 2. The molecule has 6 rings (SSSR count). The zero-order valence-electron chi connectivity index (χ0n) is 16.5. The molecule has 0 aromatic carbocycles. The number of ether oxygens (including phenoxy) is 2. The third kappa shape index (κ3) is 2.87. The number of aromatic amines is 1. The Morgan fingerprint density at radius 3 is 2.83 bits per heavy atom. The Hall–Kier alpha value is -2.65. The van der Waals surface area contributed by atoms with Crippen LogP contribution in [0.15, 0.2) is 24.5 Å². The van der Waals surface area contributed by atoms with Crippen LogP contribution in [0.2, 0.25) is 0 Å². The molecule has 3 unspecified atom stereocenters. The minimum absolute atomic E-state index is 0.286. The summed E-state index contributed by atoms with van der Waals surface area (Å²) in [6.07, 6.45) is 6.58. The molecule has 0 spiro atoms. The van der Waals surface area contributed by atoms with Crippen LogP contribution in [0.25, 0.3) is 17.0 Å². The number of fused-ring (bicyclic) bond motifs is 3. The van der Waals surface area contributed by atoms with Gasteiger partial charge >= 0.3 is 0 Å². The number of aromatic nitrogens is 5. The van der Waals surface area contributed by atoms with Crippen molar-refractivity contribution in [1.82, 2.24) is 24.8 Å². The van der Waals surface area contributed by atoms with Gasteiger partial charge in [-0.2, -0.15) is 5.10 Å². The van der Waals surface area contributed by atoms with Crippen molar-refractivity contribution in [2.24, 2.45) is 0 Å². The highest BCUT2D eigenvalue weighted by molar-refractivity contribution is 5.76. The summed E-state index contributed by atoms with van der Waals surface area (Å²) in [5, 5.41) is 12.2. The smallest absolute Gasteiger partial charge is 0.178 e. The molecule has 0 amide bonds. The lowest BCUT2D eigenvalue weighted by Gasteiger charge is -2.37. The average Bonchev–Trinajstić information content (AvgIpc) is 3.47. The van der Waals surface area contributed by atoms with Gasteiger partial charge in [-0.15, -0.1) is 5.10 Å². The second-order valence-electron chi connectivity index (χ2n) is 8.21. The fraction of sp³-hybridized carbons (Fsp3) is 0.550. The molecule has 1 N–H and O–H groups in total. The Morgan fingerprint density at radius 2 is 2.07 bits per heavy atom. The maximum absolute atomic E-state index is 6.04. The summed E-state index contributed by atoms with van der Waals surface area (Å²) in [7, 11) is 0. The second kappa shape index (κ2) is 6.70. The molecule has 0 saturated carbocycles. The molecule has 0 radical (unpaired) electrons. The van der Waals surface area contributed by atoms with Crippen molar-refractivity contribution in [3.8, 4) is 11.4 Å². The molecule has 152 valence electrons. The maximum Gasteiger partial charge on any atom is 0.178 e. The molecule has 3 aromatic heterocycles. The summed E-state index contributed by atoms with van der Waals surface area (Å²) in [6, 6.07) is 4.43. The molecule has 3 aliphatic rings. The second-order valence-corrected chi connectivity index (χ2v) is 8.21. The predicted molar refractivity (Wildman–Crippen MR) is 108 cm³/mol. The summed E-state index contributed by atoms with van der Waals surface area (Å²) < 4.78 is 13.6. The van der Waals surface area contributed by atoms with E-state index in [1.807, 2.05) is 23.0 Å². The molecule has 9 nitrogen and oxygen atoms in total. The highest BCUT2D eigenvalue weighted by atomic mass is 16.5. The highest BCUT2D eigenvalue weighted by Crippen LogP contribution is 2.34. The van der Waals surface area contributed by atoms with E-state index in [0.29, 0.717) is 12.2 Å². The van der Waals surface area contributed by atoms with Crippen molar-refractivity contribution in [3.05, 3.63) is 24.5 Å². The van der Waals surface area contributed by atoms with Gasteiger partial charge < -0.3 is 19.3 Å². The number of rotatable bonds is 3. The van der Waals surface area contributed by atoms with E-state index in [0.717, 1.165) is 74.2 Å². The van der Waals surface area contributed by atoms with Crippen LogP contribution >= 0.6 is 0 Å². The van der Waals surface area contributed by atoms with Crippen LogP contribution in [0.4, 0.5) is 11.5 Å². The van der Waals surface area contributed by atoms with Crippen LogP contribution in [-0.2, 0) is 9.47 Å². The van der Waals surface area contributed by atoms with Gasteiger partial charge in [0.25, 0.3) is 0 Å². The number of nitrogens with one attached hydrogen (secondary N) is 1. The van der Waals surface area contributed by atoms with Crippen molar-refractivity contribution in [2.45, 2.75) is 38.0 Å².